The molecule has 2 rings (SSSR count). The lowest BCUT2D eigenvalue weighted by Crippen LogP contribution is -2.39. The summed E-state index contributed by atoms with van der Waals surface area (Å²) in [5, 5.41) is 11.8. The molecule has 138 valence electrons. The molecule has 0 spiro atoms. The highest BCUT2D eigenvalue weighted by Gasteiger charge is 2.11. The minimum absolute atomic E-state index is 0.507. The summed E-state index contributed by atoms with van der Waals surface area (Å²) in [6, 6.07) is 2.13. The normalized spacial score (nSPS) is 11.8. The van der Waals surface area contributed by atoms with Crippen LogP contribution in [0.2, 0.25) is 0 Å². The number of aryl methyl sites for hydroxylation is 2. The van der Waals surface area contributed by atoms with Crippen LogP contribution in [0.3, 0.4) is 0 Å². The van der Waals surface area contributed by atoms with E-state index in [1.54, 1.807) is 0 Å². The summed E-state index contributed by atoms with van der Waals surface area (Å²) in [5.74, 6) is 2.64. The van der Waals surface area contributed by atoms with Gasteiger partial charge in [0.2, 0.25) is 0 Å². The summed E-state index contributed by atoms with van der Waals surface area (Å²) in [6.07, 6.45) is 4.33. The van der Waals surface area contributed by atoms with Crippen LogP contribution in [0.4, 0.5) is 0 Å². The molecular formula is C17H28BrN7. The van der Waals surface area contributed by atoms with Crippen LogP contribution in [-0.4, -0.2) is 43.8 Å². The summed E-state index contributed by atoms with van der Waals surface area (Å²) in [7, 11) is 6.08. The van der Waals surface area contributed by atoms with Crippen molar-refractivity contribution in [3.05, 3.63) is 34.1 Å². The molecule has 0 bridgehead atoms. The molecule has 0 aliphatic heterocycles. The van der Waals surface area contributed by atoms with Gasteiger partial charge in [-0.3, -0.25) is 0 Å². The van der Waals surface area contributed by atoms with E-state index in [0.29, 0.717) is 6.54 Å². The van der Waals surface area contributed by atoms with Crippen LogP contribution < -0.4 is 5.32 Å². The van der Waals surface area contributed by atoms with Gasteiger partial charge in [-0.1, -0.05) is 13.3 Å². The highest BCUT2D eigenvalue weighted by molar-refractivity contribution is 9.10. The lowest BCUT2D eigenvalue weighted by Gasteiger charge is -2.22. The highest BCUT2D eigenvalue weighted by Crippen LogP contribution is 2.15. The number of nitrogens with one attached hydrogen (secondary N) is 1. The van der Waals surface area contributed by atoms with Gasteiger partial charge in [-0.25, -0.2) is 4.99 Å². The maximum absolute atomic E-state index is 4.76. The average molecular weight is 410 g/mol. The molecule has 8 heteroatoms. The summed E-state index contributed by atoms with van der Waals surface area (Å²) in [5.41, 5.74) is 1.22. The predicted molar refractivity (Wildman–Crippen MR) is 104 cm³/mol. The number of rotatable bonds is 7. The van der Waals surface area contributed by atoms with Crippen molar-refractivity contribution in [3.63, 3.8) is 0 Å². The number of hydrogen-bond donors (Lipinski definition) is 1. The third-order valence-corrected chi connectivity index (χ3v) is 4.64. The largest absolute Gasteiger partial charge is 0.356 e. The Bertz CT molecular complexity index is 717. The van der Waals surface area contributed by atoms with E-state index in [4.69, 9.17) is 4.99 Å². The van der Waals surface area contributed by atoms with Gasteiger partial charge in [-0.2, -0.15) is 0 Å². The maximum atomic E-state index is 4.76. The van der Waals surface area contributed by atoms with Gasteiger partial charge in [0, 0.05) is 44.1 Å². The van der Waals surface area contributed by atoms with E-state index in [1.807, 2.05) is 18.5 Å². The Morgan fingerprint density at radius 3 is 2.68 bits per heavy atom. The molecule has 0 aliphatic rings. The molecule has 0 amide bonds. The van der Waals surface area contributed by atoms with Gasteiger partial charge in [0.15, 0.2) is 11.8 Å². The first-order valence-corrected chi connectivity index (χ1v) is 9.36. The topological polar surface area (TPSA) is 63.3 Å². The maximum Gasteiger partial charge on any atom is 0.194 e. The van der Waals surface area contributed by atoms with Crippen molar-refractivity contribution >= 4 is 21.9 Å². The van der Waals surface area contributed by atoms with E-state index in [0.717, 1.165) is 48.0 Å². The molecule has 0 saturated heterocycles. The van der Waals surface area contributed by atoms with E-state index in [2.05, 4.69) is 74.2 Å². The second kappa shape index (κ2) is 9.03. The van der Waals surface area contributed by atoms with Crippen LogP contribution in [0.15, 0.2) is 21.7 Å². The van der Waals surface area contributed by atoms with Crippen LogP contribution in [0.1, 0.15) is 37.1 Å². The van der Waals surface area contributed by atoms with E-state index < -0.39 is 0 Å². The number of halogens is 1. The summed E-state index contributed by atoms with van der Waals surface area (Å²) < 4.78 is 5.18. The molecule has 0 atom stereocenters. The molecule has 0 saturated carbocycles. The number of aliphatic imine (C=N–C) groups is 1. The third kappa shape index (κ3) is 5.32. The highest BCUT2D eigenvalue weighted by atomic mass is 79.9. The lowest BCUT2D eigenvalue weighted by molar-refractivity contribution is 0.458. The zero-order valence-electron chi connectivity index (χ0n) is 15.8. The van der Waals surface area contributed by atoms with Crippen molar-refractivity contribution in [1.82, 2.24) is 29.5 Å². The van der Waals surface area contributed by atoms with Crippen molar-refractivity contribution in [2.24, 2.45) is 19.1 Å². The number of aromatic nitrogens is 4. The summed E-state index contributed by atoms with van der Waals surface area (Å²) in [6.45, 7) is 6.32. The molecule has 7 nitrogen and oxygen atoms in total. The minimum Gasteiger partial charge on any atom is -0.356 e. The molecule has 0 fully saturated rings. The van der Waals surface area contributed by atoms with E-state index in [-0.39, 0.29) is 0 Å². The standard InChI is InChI=1S/C17H28BrN7/c1-6-7-8-19-17(20-10-16-22-21-13(2)25(16)5)24(4)12-15-9-14(18)11-23(15)3/h9,11H,6-8,10,12H2,1-5H3,(H,19,20). The monoisotopic (exact) mass is 409 g/mol. The Balaban J connectivity index is 2.11. The molecule has 0 aromatic carbocycles. The van der Waals surface area contributed by atoms with Gasteiger partial charge in [-0.05, 0) is 35.3 Å². The number of hydrogen-bond acceptors (Lipinski definition) is 3. The molecule has 0 aliphatic carbocycles. The van der Waals surface area contributed by atoms with Gasteiger partial charge < -0.3 is 19.4 Å². The fourth-order valence-corrected chi connectivity index (χ4v) is 3.04. The zero-order chi connectivity index (χ0) is 18.4. The second-order valence-corrected chi connectivity index (χ2v) is 7.17. The van der Waals surface area contributed by atoms with Crippen LogP contribution in [0.5, 0.6) is 0 Å². The second-order valence-electron chi connectivity index (χ2n) is 6.26. The average Bonchev–Trinajstić information content (AvgIpc) is 3.05. The van der Waals surface area contributed by atoms with Gasteiger partial charge >= 0.3 is 0 Å². The Kier molecular flexibility index (Phi) is 7.04. The van der Waals surface area contributed by atoms with Crippen molar-refractivity contribution < 1.29 is 0 Å². The minimum atomic E-state index is 0.507. The van der Waals surface area contributed by atoms with Crippen molar-refractivity contribution in [1.29, 1.82) is 0 Å². The van der Waals surface area contributed by atoms with Gasteiger partial charge in [-0.15, -0.1) is 10.2 Å². The Morgan fingerprint density at radius 2 is 2.12 bits per heavy atom. The van der Waals surface area contributed by atoms with E-state index in [9.17, 15) is 0 Å². The third-order valence-electron chi connectivity index (χ3n) is 4.20. The molecule has 2 heterocycles. The summed E-state index contributed by atoms with van der Waals surface area (Å²) in [4.78, 5) is 6.90. The van der Waals surface area contributed by atoms with Crippen molar-refractivity contribution in [2.75, 3.05) is 13.6 Å². The molecule has 2 aromatic heterocycles. The number of guanidine groups is 1. The van der Waals surface area contributed by atoms with Crippen LogP contribution in [-0.2, 0) is 27.2 Å². The van der Waals surface area contributed by atoms with Crippen molar-refractivity contribution in [3.8, 4) is 0 Å². The van der Waals surface area contributed by atoms with Crippen LogP contribution in [0, 0.1) is 6.92 Å². The molecule has 2 aromatic rings. The van der Waals surface area contributed by atoms with Gasteiger partial charge in [0.25, 0.3) is 0 Å². The lowest BCUT2D eigenvalue weighted by atomic mass is 10.3. The molecule has 1 N–H and O–H groups in total. The van der Waals surface area contributed by atoms with Gasteiger partial charge in [0.1, 0.15) is 12.4 Å². The number of nitrogens with zero attached hydrogens (tertiary/aromatic N) is 6. The first-order chi connectivity index (χ1) is 11.9. The first-order valence-electron chi connectivity index (χ1n) is 8.57. The number of unbranched alkanes of at least 4 members (excludes halogenated alkanes) is 1. The fraction of sp³-hybridized carbons (Fsp3) is 0.588. The SMILES string of the molecule is CCCCNC(=NCc1nnc(C)n1C)N(C)Cc1cc(Br)cn1C. The Hall–Kier alpha value is -1.83. The first kappa shape index (κ1) is 19.5. The molecule has 0 unspecified atom stereocenters. The fourth-order valence-electron chi connectivity index (χ4n) is 2.46. The molecule has 0 radical (unpaired) electrons. The molecule has 25 heavy (non-hydrogen) atoms. The van der Waals surface area contributed by atoms with Crippen LogP contribution >= 0.6 is 15.9 Å². The Labute approximate surface area is 158 Å². The van der Waals surface area contributed by atoms with E-state index >= 15 is 0 Å². The van der Waals surface area contributed by atoms with Crippen molar-refractivity contribution in [2.45, 2.75) is 39.8 Å². The Morgan fingerprint density at radius 1 is 1.36 bits per heavy atom. The predicted octanol–water partition coefficient (Wildman–Crippen LogP) is 2.60. The molecular weight excluding hydrogens is 382 g/mol. The summed E-state index contributed by atoms with van der Waals surface area (Å²) >= 11 is 3.53. The van der Waals surface area contributed by atoms with E-state index in [1.165, 1.54) is 5.69 Å². The smallest absolute Gasteiger partial charge is 0.194 e. The quantitative estimate of drug-likeness (QED) is 0.433. The zero-order valence-corrected chi connectivity index (χ0v) is 17.3. The van der Waals surface area contributed by atoms with Crippen LogP contribution in [0.25, 0.3) is 0 Å². The van der Waals surface area contributed by atoms with Gasteiger partial charge in [0.05, 0.1) is 6.54 Å².